The molecule has 0 bridgehead atoms. The van der Waals surface area contributed by atoms with E-state index in [2.05, 4.69) is 11.8 Å². The van der Waals surface area contributed by atoms with Crippen LogP contribution in [0.25, 0.3) is 0 Å². The summed E-state index contributed by atoms with van der Waals surface area (Å²) < 4.78 is 22.9. The summed E-state index contributed by atoms with van der Waals surface area (Å²) >= 11 is 0. The number of benzene rings is 1. The molecule has 4 rings (SSSR count). The van der Waals surface area contributed by atoms with E-state index in [4.69, 9.17) is 18.9 Å². The van der Waals surface area contributed by atoms with Crippen LogP contribution >= 0.6 is 0 Å². The van der Waals surface area contributed by atoms with Crippen molar-refractivity contribution in [2.24, 2.45) is 5.92 Å². The lowest BCUT2D eigenvalue weighted by Crippen LogP contribution is -2.50. The molecule has 8 heteroatoms. The molecule has 5 atom stereocenters. The predicted molar refractivity (Wildman–Crippen MR) is 124 cm³/mol. The number of piperidine rings is 1. The van der Waals surface area contributed by atoms with Gasteiger partial charge in [0.1, 0.15) is 0 Å². The third-order valence-corrected chi connectivity index (χ3v) is 6.91. The standard InChI is InChI=1S/C26H35NO7/c1-5-10-27-11-6-7-19-13-20-18(14-21(19)27)8-9-22(30)24(20)34-26-25(33-17(4)29)23(32-16(3)28)12-15(2)31-26/h8-9,12,19,21,23,25-26,30H,5-7,10-11,13-14H2,1-4H3/t19-,21-,23+,25-,26+/m1/s1. The minimum Gasteiger partial charge on any atom is -0.504 e. The van der Waals surface area contributed by atoms with Crippen LogP contribution in [0.1, 0.15) is 58.1 Å². The number of esters is 2. The van der Waals surface area contributed by atoms with Crippen LogP contribution in [0.2, 0.25) is 0 Å². The average Bonchev–Trinajstić information content (AvgIpc) is 2.77. The van der Waals surface area contributed by atoms with Crippen LogP contribution in [-0.4, -0.2) is 59.6 Å². The maximum absolute atomic E-state index is 11.8. The van der Waals surface area contributed by atoms with Crippen molar-refractivity contribution in [1.82, 2.24) is 4.90 Å². The second-order valence-corrected chi connectivity index (χ2v) is 9.49. The maximum Gasteiger partial charge on any atom is 0.303 e. The van der Waals surface area contributed by atoms with Gasteiger partial charge in [-0.05, 0) is 75.7 Å². The topological polar surface area (TPSA) is 94.5 Å². The molecule has 1 N–H and O–H groups in total. The lowest BCUT2D eigenvalue weighted by atomic mass is 9.75. The smallest absolute Gasteiger partial charge is 0.303 e. The molecule has 8 nitrogen and oxygen atoms in total. The first-order chi connectivity index (χ1) is 16.3. The van der Waals surface area contributed by atoms with Crippen LogP contribution < -0.4 is 4.74 Å². The number of aromatic hydroxyl groups is 1. The summed E-state index contributed by atoms with van der Waals surface area (Å²) in [5.74, 6) is 0.275. The fourth-order valence-corrected chi connectivity index (χ4v) is 5.59. The molecule has 2 heterocycles. The molecular formula is C26H35NO7. The lowest BCUT2D eigenvalue weighted by molar-refractivity contribution is -0.200. The zero-order chi connectivity index (χ0) is 24.4. The second-order valence-electron chi connectivity index (χ2n) is 9.49. The molecular weight excluding hydrogens is 438 g/mol. The van der Waals surface area contributed by atoms with E-state index < -0.39 is 30.4 Å². The van der Waals surface area contributed by atoms with Gasteiger partial charge in [-0.15, -0.1) is 0 Å². The summed E-state index contributed by atoms with van der Waals surface area (Å²) in [5.41, 5.74) is 2.13. The highest BCUT2D eigenvalue weighted by Crippen LogP contribution is 2.43. The Morgan fingerprint density at radius 3 is 2.65 bits per heavy atom. The van der Waals surface area contributed by atoms with E-state index in [-0.39, 0.29) is 5.75 Å². The Labute approximate surface area is 200 Å². The van der Waals surface area contributed by atoms with Crippen LogP contribution in [0.4, 0.5) is 0 Å². The number of carbonyl (C=O) groups is 2. The van der Waals surface area contributed by atoms with Gasteiger partial charge in [-0.25, -0.2) is 0 Å². The Hall–Kier alpha value is -2.74. The fraction of sp³-hybridized carbons (Fsp3) is 0.615. The van der Waals surface area contributed by atoms with Gasteiger partial charge in [0.05, 0.1) is 5.76 Å². The van der Waals surface area contributed by atoms with E-state index in [1.807, 2.05) is 6.07 Å². The molecule has 1 aromatic rings. The van der Waals surface area contributed by atoms with E-state index >= 15 is 0 Å². The van der Waals surface area contributed by atoms with Crippen LogP contribution in [0.3, 0.4) is 0 Å². The van der Waals surface area contributed by atoms with Crippen molar-refractivity contribution in [3.63, 3.8) is 0 Å². The predicted octanol–water partition coefficient (Wildman–Crippen LogP) is 3.48. The zero-order valence-electron chi connectivity index (χ0n) is 20.4. The van der Waals surface area contributed by atoms with Gasteiger partial charge in [0.2, 0.25) is 6.10 Å². The molecule has 1 fully saturated rings. The van der Waals surface area contributed by atoms with Gasteiger partial charge in [-0.1, -0.05) is 13.0 Å². The number of fused-ring (bicyclic) bond motifs is 2. The molecule has 186 valence electrons. The number of ether oxygens (including phenoxy) is 4. The lowest BCUT2D eigenvalue weighted by Gasteiger charge is -2.45. The monoisotopic (exact) mass is 473 g/mol. The first kappa shape index (κ1) is 24.4. The molecule has 0 radical (unpaired) electrons. The van der Waals surface area contributed by atoms with E-state index in [0.29, 0.717) is 23.5 Å². The van der Waals surface area contributed by atoms with Gasteiger partial charge in [-0.2, -0.15) is 0 Å². The number of carbonyl (C=O) groups excluding carboxylic acids is 2. The molecule has 0 spiro atoms. The van der Waals surface area contributed by atoms with Crippen LogP contribution in [-0.2, 0) is 36.6 Å². The number of rotatable bonds is 6. The summed E-state index contributed by atoms with van der Waals surface area (Å²) in [5, 5.41) is 10.8. The largest absolute Gasteiger partial charge is 0.504 e. The number of likely N-dealkylation sites (tertiary alicyclic amines) is 1. The SMILES string of the molecule is CCCN1CCC[C@@H]2Cc3c(ccc(O)c3O[C@@H]3OC(C)=C[C@H](OC(C)=O)[C@H]3OC(C)=O)C[C@H]21. The van der Waals surface area contributed by atoms with E-state index in [9.17, 15) is 14.7 Å². The van der Waals surface area contributed by atoms with Crippen molar-refractivity contribution in [2.45, 2.75) is 84.3 Å². The fourth-order valence-electron chi connectivity index (χ4n) is 5.59. The average molecular weight is 474 g/mol. The Morgan fingerprint density at radius 1 is 1.18 bits per heavy atom. The molecule has 0 aromatic heterocycles. The summed E-state index contributed by atoms with van der Waals surface area (Å²) in [7, 11) is 0. The van der Waals surface area contributed by atoms with Crippen molar-refractivity contribution in [3.8, 4) is 11.5 Å². The molecule has 1 saturated heterocycles. The molecule has 34 heavy (non-hydrogen) atoms. The minimum atomic E-state index is -1.07. The molecule has 3 aliphatic rings. The Kier molecular flexibility index (Phi) is 7.36. The van der Waals surface area contributed by atoms with Gasteiger partial charge in [0, 0.05) is 25.5 Å². The molecule has 0 saturated carbocycles. The first-order valence-electron chi connectivity index (χ1n) is 12.2. The zero-order valence-corrected chi connectivity index (χ0v) is 20.4. The molecule has 0 amide bonds. The Morgan fingerprint density at radius 2 is 1.94 bits per heavy atom. The molecule has 2 aliphatic heterocycles. The first-order valence-corrected chi connectivity index (χ1v) is 12.2. The number of phenolic OH excluding ortho intramolecular Hbond substituents is 1. The van der Waals surface area contributed by atoms with Gasteiger partial charge in [-0.3, -0.25) is 14.5 Å². The highest BCUT2D eigenvalue weighted by atomic mass is 16.7. The van der Waals surface area contributed by atoms with Gasteiger partial charge < -0.3 is 24.1 Å². The van der Waals surface area contributed by atoms with Gasteiger partial charge in [0.25, 0.3) is 6.29 Å². The summed E-state index contributed by atoms with van der Waals surface area (Å²) in [6.07, 6.45) is 3.81. The normalized spacial score (nSPS) is 28.6. The third kappa shape index (κ3) is 5.17. The summed E-state index contributed by atoms with van der Waals surface area (Å²) in [6.45, 7) is 8.73. The molecule has 1 aromatic carbocycles. The Bertz CT molecular complexity index is 957. The quantitative estimate of drug-likeness (QED) is 0.628. The number of hydrogen-bond donors (Lipinski definition) is 1. The third-order valence-electron chi connectivity index (χ3n) is 6.91. The number of nitrogens with zero attached hydrogens (tertiary/aromatic N) is 1. The highest BCUT2D eigenvalue weighted by molar-refractivity contribution is 5.67. The van der Waals surface area contributed by atoms with Crippen LogP contribution in [0.15, 0.2) is 24.0 Å². The summed E-state index contributed by atoms with van der Waals surface area (Å²) in [6, 6.07) is 4.12. The molecule has 0 unspecified atom stereocenters. The van der Waals surface area contributed by atoms with E-state index in [1.165, 1.54) is 20.3 Å². The van der Waals surface area contributed by atoms with Crippen LogP contribution in [0.5, 0.6) is 11.5 Å². The maximum atomic E-state index is 11.8. The van der Waals surface area contributed by atoms with Crippen molar-refractivity contribution in [2.75, 3.05) is 13.1 Å². The van der Waals surface area contributed by atoms with Crippen molar-refractivity contribution in [1.29, 1.82) is 0 Å². The number of allylic oxidation sites excluding steroid dienone is 1. The van der Waals surface area contributed by atoms with E-state index in [1.54, 1.807) is 19.1 Å². The highest BCUT2D eigenvalue weighted by Gasteiger charge is 2.42. The van der Waals surface area contributed by atoms with Crippen molar-refractivity contribution in [3.05, 3.63) is 35.1 Å². The second kappa shape index (κ2) is 10.3. The van der Waals surface area contributed by atoms with Crippen molar-refractivity contribution < 1.29 is 33.6 Å². The number of phenols is 1. The number of hydrogen-bond acceptors (Lipinski definition) is 8. The summed E-state index contributed by atoms with van der Waals surface area (Å²) in [4.78, 5) is 26.1. The van der Waals surface area contributed by atoms with E-state index in [0.717, 1.165) is 49.9 Å². The van der Waals surface area contributed by atoms with Gasteiger partial charge >= 0.3 is 11.9 Å². The Balaban J connectivity index is 1.64. The minimum absolute atomic E-state index is 0.0137. The van der Waals surface area contributed by atoms with Crippen molar-refractivity contribution >= 4 is 11.9 Å². The molecule has 1 aliphatic carbocycles. The van der Waals surface area contributed by atoms with Crippen LogP contribution in [0, 0.1) is 5.92 Å². The van der Waals surface area contributed by atoms with Gasteiger partial charge in [0.15, 0.2) is 17.6 Å².